The van der Waals surface area contributed by atoms with Crippen LogP contribution >= 0.6 is 0 Å². The first kappa shape index (κ1) is 24.4. The van der Waals surface area contributed by atoms with E-state index in [1.807, 2.05) is 48.2 Å². The number of carbonyl (C=O) groups excluding carboxylic acids is 3. The lowest BCUT2D eigenvalue weighted by Gasteiger charge is -2.26. The minimum atomic E-state index is -1.18. The van der Waals surface area contributed by atoms with Gasteiger partial charge < -0.3 is 10.1 Å². The Labute approximate surface area is 194 Å². The second-order valence-electron chi connectivity index (χ2n) is 8.09. The number of imide groups is 1. The first-order valence-electron chi connectivity index (χ1n) is 11.3. The fraction of sp³-hybridized carbons (Fsp3) is 0.400. The third-order valence-corrected chi connectivity index (χ3v) is 5.89. The summed E-state index contributed by atoms with van der Waals surface area (Å²) >= 11 is 0. The molecule has 1 aliphatic rings. The summed E-state index contributed by atoms with van der Waals surface area (Å²) in [4.78, 5) is 40.5. The van der Waals surface area contributed by atoms with Gasteiger partial charge in [-0.2, -0.15) is 5.01 Å². The second kappa shape index (κ2) is 11.6. The number of amides is 4. The molecule has 1 fully saturated rings. The minimum Gasteiger partial charge on any atom is -0.383 e. The molecule has 1 saturated heterocycles. The average Bonchev–Trinajstić information content (AvgIpc) is 3.08. The van der Waals surface area contributed by atoms with Crippen LogP contribution in [-0.2, 0) is 26.3 Å². The quantitative estimate of drug-likeness (QED) is 0.483. The summed E-state index contributed by atoms with van der Waals surface area (Å²) in [5, 5.41) is 3.57. The molecule has 0 aliphatic carbocycles. The summed E-state index contributed by atoms with van der Waals surface area (Å²) in [7, 11) is 1.61. The summed E-state index contributed by atoms with van der Waals surface area (Å²) in [6, 6.07) is 18.6. The van der Waals surface area contributed by atoms with Crippen molar-refractivity contribution >= 4 is 17.8 Å². The van der Waals surface area contributed by atoms with Crippen molar-refractivity contribution in [1.82, 2.24) is 20.7 Å². The van der Waals surface area contributed by atoms with E-state index in [1.54, 1.807) is 19.2 Å². The van der Waals surface area contributed by atoms with Gasteiger partial charge in [0, 0.05) is 13.7 Å². The summed E-state index contributed by atoms with van der Waals surface area (Å²) in [5.41, 5.74) is 3.25. The molecule has 8 heteroatoms. The Balaban J connectivity index is 1.60. The lowest BCUT2D eigenvalue weighted by molar-refractivity contribution is -0.139. The van der Waals surface area contributed by atoms with E-state index in [0.717, 1.165) is 17.9 Å². The summed E-state index contributed by atoms with van der Waals surface area (Å²) in [5.74, 6) is -0.906. The summed E-state index contributed by atoms with van der Waals surface area (Å²) in [6.45, 7) is 3.63. The van der Waals surface area contributed by atoms with Crippen molar-refractivity contribution in [3.05, 3.63) is 71.8 Å². The SMILES string of the molecule is CCC1(c2ccccc2)NC(=O)N(NC(=O)CN(CCCc2ccccc2)CCOC)C1=O. The molecule has 1 heterocycles. The Kier molecular flexibility index (Phi) is 8.57. The van der Waals surface area contributed by atoms with Crippen LogP contribution < -0.4 is 10.7 Å². The Hall–Kier alpha value is -3.23. The first-order chi connectivity index (χ1) is 16.0. The number of rotatable bonds is 12. The van der Waals surface area contributed by atoms with Crippen LogP contribution in [0.3, 0.4) is 0 Å². The van der Waals surface area contributed by atoms with Gasteiger partial charge in [-0.1, -0.05) is 67.6 Å². The molecule has 1 unspecified atom stereocenters. The zero-order chi connectivity index (χ0) is 23.7. The fourth-order valence-corrected chi connectivity index (χ4v) is 4.04. The van der Waals surface area contributed by atoms with Gasteiger partial charge in [0.15, 0.2) is 0 Å². The molecule has 0 radical (unpaired) electrons. The predicted octanol–water partition coefficient (Wildman–Crippen LogP) is 2.46. The largest absolute Gasteiger partial charge is 0.383 e. The molecule has 0 bridgehead atoms. The molecular weight excluding hydrogens is 420 g/mol. The van der Waals surface area contributed by atoms with Gasteiger partial charge >= 0.3 is 6.03 Å². The molecule has 2 N–H and O–H groups in total. The molecule has 8 nitrogen and oxygen atoms in total. The number of urea groups is 1. The number of aryl methyl sites for hydroxylation is 1. The Morgan fingerprint density at radius 3 is 2.36 bits per heavy atom. The first-order valence-corrected chi connectivity index (χ1v) is 11.3. The highest BCUT2D eigenvalue weighted by Crippen LogP contribution is 2.31. The molecule has 0 spiro atoms. The van der Waals surface area contributed by atoms with E-state index in [-0.39, 0.29) is 6.54 Å². The number of nitrogens with zero attached hydrogens (tertiary/aromatic N) is 2. The normalized spacial score (nSPS) is 18.0. The highest BCUT2D eigenvalue weighted by Gasteiger charge is 2.52. The third kappa shape index (κ3) is 5.97. The van der Waals surface area contributed by atoms with Crippen LogP contribution in [0.5, 0.6) is 0 Å². The molecular formula is C25H32N4O4. The molecule has 1 aliphatic heterocycles. The molecule has 4 amide bonds. The number of benzene rings is 2. The van der Waals surface area contributed by atoms with E-state index in [4.69, 9.17) is 4.74 Å². The van der Waals surface area contributed by atoms with Crippen LogP contribution in [0.25, 0.3) is 0 Å². The minimum absolute atomic E-state index is 0.0552. The third-order valence-electron chi connectivity index (χ3n) is 5.89. The van der Waals surface area contributed by atoms with E-state index in [1.165, 1.54) is 5.56 Å². The number of hydrogen-bond donors (Lipinski definition) is 2. The van der Waals surface area contributed by atoms with Crippen molar-refractivity contribution in [3.8, 4) is 0 Å². The van der Waals surface area contributed by atoms with Crippen LogP contribution in [0.1, 0.15) is 30.9 Å². The van der Waals surface area contributed by atoms with Gasteiger partial charge in [0.2, 0.25) is 0 Å². The summed E-state index contributed by atoms with van der Waals surface area (Å²) in [6.07, 6.45) is 2.14. The van der Waals surface area contributed by atoms with Crippen molar-refractivity contribution in [2.75, 3.05) is 33.4 Å². The zero-order valence-electron chi connectivity index (χ0n) is 19.3. The lowest BCUT2D eigenvalue weighted by atomic mass is 9.87. The molecule has 1 atom stereocenters. The second-order valence-corrected chi connectivity index (χ2v) is 8.09. The molecule has 2 aromatic rings. The van der Waals surface area contributed by atoms with Crippen molar-refractivity contribution in [1.29, 1.82) is 0 Å². The van der Waals surface area contributed by atoms with E-state index < -0.39 is 23.4 Å². The van der Waals surface area contributed by atoms with Crippen molar-refractivity contribution in [2.45, 2.75) is 31.7 Å². The Morgan fingerprint density at radius 1 is 1.06 bits per heavy atom. The zero-order valence-corrected chi connectivity index (χ0v) is 19.3. The highest BCUT2D eigenvalue weighted by atomic mass is 16.5. The van der Waals surface area contributed by atoms with Gasteiger partial charge in [-0.15, -0.1) is 0 Å². The Morgan fingerprint density at radius 2 is 1.73 bits per heavy atom. The van der Waals surface area contributed by atoms with Crippen LogP contribution in [0.2, 0.25) is 0 Å². The molecule has 3 rings (SSSR count). The monoisotopic (exact) mass is 452 g/mol. The maximum absolute atomic E-state index is 13.2. The van der Waals surface area contributed by atoms with Crippen LogP contribution in [-0.4, -0.2) is 61.1 Å². The van der Waals surface area contributed by atoms with Crippen LogP contribution in [0.15, 0.2) is 60.7 Å². The van der Waals surface area contributed by atoms with Crippen molar-refractivity contribution < 1.29 is 19.1 Å². The predicted molar refractivity (Wildman–Crippen MR) is 125 cm³/mol. The number of nitrogens with one attached hydrogen (secondary N) is 2. The standard InChI is InChI=1S/C25H32N4O4/c1-3-25(21-14-8-5-9-15-21)23(31)29(24(32)26-25)27-22(30)19-28(17-18-33-2)16-10-13-20-11-6-4-7-12-20/h4-9,11-12,14-15H,3,10,13,16-19H2,1-2H3,(H,26,32)(H,27,30). The maximum Gasteiger partial charge on any atom is 0.344 e. The van der Waals surface area contributed by atoms with Gasteiger partial charge in [-0.05, 0) is 36.9 Å². The molecule has 33 heavy (non-hydrogen) atoms. The van der Waals surface area contributed by atoms with Gasteiger partial charge in [0.25, 0.3) is 11.8 Å². The number of hydrazine groups is 1. The van der Waals surface area contributed by atoms with Gasteiger partial charge in [0.05, 0.1) is 13.2 Å². The Bertz CT molecular complexity index is 938. The van der Waals surface area contributed by atoms with Crippen molar-refractivity contribution in [3.63, 3.8) is 0 Å². The fourth-order valence-electron chi connectivity index (χ4n) is 4.04. The van der Waals surface area contributed by atoms with E-state index in [0.29, 0.717) is 31.7 Å². The molecule has 176 valence electrons. The number of ether oxygens (including phenoxy) is 1. The van der Waals surface area contributed by atoms with Crippen LogP contribution in [0.4, 0.5) is 4.79 Å². The van der Waals surface area contributed by atoms with Gasteiger partial charge in [-0.3, -0.25) is 19.9 Å². The number of carbonyl (C=O) groups is 3. The van der Waals surface area contributed by atoms with E-state index in [2.05, 4.69) is 22.9 Å². The number of hydrogen-bond acceptors (Lipinski definition) is 5. The smallest absolute Gasteiger partial charge is 0.344 e. The van der Waals surface area contributed by atoms with Gasteiger partial charge in [0.1, 0.15) is 5.54 Å². The summed E-state index contributed by atoms with van der Waals surface area (Å²) < 4.78 is 5.17. The average molecular weight is 453 g/mol. The van der Waals surface area contributed by atoms with Gasteiger partial charge in [-0.25, -0.2) is 4.79 Å². The molecule has 0 saturated carbocycles. The number of methoxy groups -OCH3 is 1. The van der Waals surface area contributed by atoms with Crippen LogP contribution in [0, 0.1) is 0 Å². The highest BCUT2D eigenvalue weighted by molar-refractivity contribution is 6.08. The maximum atomic E-state index is 13.2. The molecule has 0 aromatic heterocycles. The molecule has 2 aromatic carbocycles. The lowest BCUT2D eigenvalue weighted by Crippen LogP contribution is -2.51. The topological polar surface area (TPSA) is 91.0 Å². The van der Waals surface area contributed by atoms with E-state index in [9.17, 15) is 14.4 Å². The van der Waals surface area contributed by atoms with E-state index >= 15 is 0 Å². The van der Waals surface area contributed by atoms with Crippen molar-refractivity contribution in [2.24, 2.45) is 0 Å².